The van der Waals surface area contributed by atoms with Crippen LogP contribution in [0.25, 0.3) is 0 Å². The highest BCUT2D eigenvalue weighted by atomic mass is 14.9. The van der Waals surface area contributed by atoms with Crippen molar-refractivity contribution in [2.45, 2.75) is 57.9 Å². The Bertz CT molecular complexity index is 341. The lowest BCUT2D eigenvalue weighted by Crippen LogP contribution is -2.32. The summed E-state index contributed by atoms with van der Waals surface area (Å²) in [5, 5.41) is 3.73. The van der Waals surface area contributed by atoms with Crippen LogP contribution in [0.15, 0.2) is 24.3 Å². The molecule has 0 fully saturated rings. The molecular weight excluding hydrogens is 206 g/mol. The number of rotatable bonds is 5. The van der Waals surface area contributed by atoms with Crippen LogP contribution in [-0.2, 0) is 6.42 Å². The summed E-state index contributed by atoms with van der Waals surface area (Å²) in [5.41, 5.74) is 3.17. The summed E-state index contributed by atoms with van der Waals surface area (Å²) in [7, 11) is 0. The fourth-order valence-electron chi connectivity index (χ4n) is 2.95. The van der Waals surface area contributed by atoms with Crippen molar-refractivity contribution in [1.29, 1.82) is 0 Å². The first-order chi connectivity index (χ1) is 8.35. The highest BCUT2D eigenvalue weighted by molar-refractivity contribution is 5.32. The second kappa shape index (κ2) is 6.20. The zero-order chi connectivity index (χ0) is 12.1. The lowest BCUT2D eigenvalue weighted by molar-refractivity contribution is 0.434. The van der Waals surface area contributed by atoms with Gasteiger partial charge in [-0.15, -0.1) is 0 Å². The molecule has 1 nitrogen and oxygen atoms in total. The smallest absolute Gasteiger partial charge is 0.00620 e. The van der Waals surface area contributed by atoms with Gasteiger partial charge in [-0.2, -0.15) is 0 Å². The minimum Gasteiger partial charge on any atom is -0.313 e. The summed E-state index contributed by atoms with van der Waals surface area (Å²) in [6.45, 7) is 5.70. The number of hydrogen-bond donors (Lipinski definition) is 1. The van der Waals surface area contributed by atoms with Gasteiger partial charge in [0.15, 0.2) is 0 Å². The third-order valence-corrected chi connectivity index (χ3v) is 4.13. The summed E-state index contributed by atoms with van der Waals surface area (Å²) >= 11 is 0. The van der Waals surface area contributed by atoms with Gasteiger partial charge in [0.1, 0.15) is 0 Å². The molecule has 0 aromatic heterocycles. The van der Waals surface area contributed by atoms with Gasteiger partial charge < -0.3 is 5.32 Å². The van der Waals surface area contributed by atoms with Crippen LogP contribution in [0, 0.1) is 0 Å². The molecular formula is C16H25N. The topological polar surface area (TPSA) is 12.0 Å². The van der Waals surface area contributed by atoms with Gasteiger partial charge in [-0.25, -0.2) is 0 Å². The molecule has 1 aromatic rings. The molecule has 1 aromatic carbocycles. The molecule has 1 unspecified atom stereocenters. The van der Waals surface area contributed by atoms with Crippen molar-refractivity contribution in [3.8, 4) is 0 Å². The van der Waals surface area contributed by atoms with E-state index in [0.29, 0.717) is 6.04 Å². The number of fused-ring (bicyclic) bond motifs is 1. The third-order valence-electron chi connectivity index (χ3n) is 4.13. The predicted octanol–water partition coefficient (Wildman–Crippen LogP) is 3.88. The van der Waals surface area contributed by atoms with E-state index >= 15 is 0 Å². The Labute approximate surface area is 106 Å². The van der Waals surface area contributed by atoms with Crippen molar-refractivity contribution < 1.29 is 0 Å². The number of hydrogen-bond acceptors (Lipinski definition) is 1. The second-order valence-electron chi connectivity index (χ2n) is 5.21. The summed E-state index contributed by atoms with van der Waals surface area (Å²) in [6.07, 6.45) is 6.46. The van der Waals surface area contributed by atoms with Crippen LogP contribution in [0.2, 0.25) is 0 Å². The van der Waals surface area contributed by atoms with Crippen molar-refractivity contribution in [2.24, 2.45) is 0 Å². The van der Waals surface area contributed by atoms with Crippen LogP contribution < -0.4 is 5.32 Å². The zero-order valence-electron chi connectivity index (χ0n) is 11.2. The van der Waals surface area contributed by atoms with E-state index in [2.05, 4.69) is 43.4 Å². The van der Waals surface area contributed by atoms with Gasteiger partial charge in [0, 0.05) is 12.6 Å². The van der Waals surface area contributed by atoms with E-state index in [0.717, 1.165) is 12.5 Å². The molecule has 0 aliphatic heterocycles. The molecule has 0 heterocycles. The van der Waals surface area contributed by atoms with Gasteiger partial charge in [-0.05, 0) is 49.1 Å². The fraction of sp³-hybridized carbons (Fsp3) is 0.625. The lowest BCUT2D eigenvalue weighted by atomic mass is 9.82. The SMILES string of the molecule is CCC(CC)NCC1CCCc2ccccc21. The molecule has 0 spiro atoms. The molecule has 0 amide bonds. The monoisotopic (exact) mass is 231 g/mol. The molecule has 0 bridgehead atoms. The standard InChI is InChI=1S/C16H25N/c1-3-15(4-2)17-12-14-10-7-9-13-8-5-6-11-16(13)14/h5-6,8,11,14-15,17H,3-4,7,9-10,12H2,1-2H3. The van der Waals surface area contributed by atoms with E-state index in [1.165, 1.54) is 32.1 Å². The van der Waals surface area contributed by atoms with E-state index in [1.807, 2.05) is 0 Å². The Morgan fingerprint density at radius 2 is 2.00 bits per heavy atom. The minimum absolute atomic E-state index is 0.698. The van der Waals surface area contributed by atoms with Crippen molar-refractivity contribution in [3.63, 3.8) is 0 Å². The molecule has 0 radical (unpaired) electrons. The van der Waals surface area contributed by atoms with Gasteiger partial charge in [-0.3, -0.25) is 0 Å². The highest BCUT2D eigenvalue weighted by Crippen LogP contribution is 2.30. The van der Waals surface area contributed by atoms with E-state index < -0.39 is 0 Å². The summed E-state index contributed by atoms with van der Waals surface area (Å²) in [4.78, 5) is 0. The second-order valence-corrected chi connectivity index (χ2v) is 5.21. The maximum absolute atomic E-state index is 3.73. The van der Waals surface area contributed by atoms with Crippen molar-refractivity contribution in [3.05, 3.63) is 35.4 Å². The van der Waals surface area contributed by atoms with E-state index in [1.54, 1.807) is 11.1 Å². The summed E-state index contributed by atoms with van der Waals surface area (Å²) in [5.74, 6) is 0.737. The molecule has 1 aliphatic carbocycles. The van der Waals surface area contributed by atoms with E-state index in [4.69, 9.17) is 0 Å². The number of aryl methyl sites for hydroxylation is 1. The third kappa shape index (κ3) is 3.10. The van der Waals surface area contributed by atoms with Gasteiger partial charge in [0.2, 0.25) is 0 Å². The number of nitrogens with one attached hydrogen (secondary N) is 1. The van der Waals surface area contributed by atoms with Crippen LogP contribution in [0.1, 0.15) is 56.6 Å². The molecule has 1 heteroatoms. The minimum atomic E-state index is 0.698. The molecule has 1 aliphatic rings. The van der Waals surface area contributed by atoms with Crippen molar-refractivity contribution >= 4 is 0 Å². The average Bonchev–Trinajstić information content (AvgIpc) is 2.40. The molecule has 0 saturated carbocycles. The Kier molecular flexibility index (Phi) is 4.61. The van der Waals surface area contributed by atoms with Crippen molar-refractivity contribution in [1.82, 2.24) is 5.32 Å². The van der Waals surface area contributed by atoms with Crippen LogP contribution in [0.5, 0.6) is 0 Å². The molecule has 2 rings (SSSR count). The quantitative estimate of drug-likeness (QED) is 0.811. The van der Waals surface area contributed by atoms with Crippen LogP contribution in [-0.4, -0.2) is 12.6 Å². The largest absolute Gasteiger partial charge is 0.313 e. The van der Waals surface area contributed by atoms with Gasteiger partial charge in [0.05, 0.1) is 0 Å². The Balaban J connectivity index is 1.99. The van der Waals surface area contributed by atoms with E-state index in [9.17, 15) is 0 Å². The molecule has 0 saturated heterocycles. The maximum Gasteiger partial charge on any atom is 0.00620 e. The maximum atomic E-state index is 3.73. The van der Waals surface area contributed by atoms with E-state index in [-0.39, 0.29) is 0 Å². The normalized spacial score (nSPS) is 19.4. The summed E-state index contributed by atoms with van der Waals surface area (Å²) < 4.78 is 0. The molecule has 1 N–H and O–H groups in total. The fourth-order valence-corrected chi connectivity index (χ4v) is 2.95. The lowest BCUT2D eigenvalue weighted by Gasteiger charge is -2.27. The van der Waals surface area contributed by atoms with Gasteiger partial charge >= 0.3 is 0 Å². The molecule has 17 heavy (non-hydrogen) atoms. The van der Waals surface area contributed by atoms with Crippen LogP contribution in [0.3, 0.4) is 0 Å². The zero-order valence-corrected chi connectivity index (χ0v) is 11.2. The molecule has 94 valence electrons. The number of benzene rings is 1. The van der Waals surface area contributed by atoms with Crippen LogP contribution in [0.4, 0.5) is 0 Å². The first-order valence-corrected chi connectivity index (χ1v) is 7.16. The summed E-state index contributed by atoms with van der Waals surface area (Å²) in [6, 6.07) is 9.69. The average molecular weight is 231 g/mol. The van der Waals surface area contributed by atoms with Gasteiger partial charge in [0.25, 0.3) is 0 Å². The predicted molar refractivity (Wildman–Crippen MR) is 74.5 cm³/mol. The highest BCUT2D eigenvalue weighted by Gasteiger charge is 2.19. The Morgan fingerprint density at radius 1 is 1.24 bits per heavy atom. The van der Waals surface area contributed by atoms with Gasteiger partial charge in [-0.1, -0.05) is 38.1 Å². The first kappa shape index (κ1) is 12.6. The van der Waals surface area contributed by atoms with Crippen LogP contribution >= 0.6 is 0 Å². The Morgan fingerprint density at radius 3 is 2.76 bits per heavy atom. The molecule has 1 atom stereocenters. The van der Waals surface area contributed by atoms with Crippen molar-refractivity contribution in [2.75, 3.05) is 6.54 Å². The first-order valence-electron chi connectivity index (χ1n) is 7.16. The Hall–Kier alpha value is -0.820.